The molecule has 8 nitrogen and oxygen atoms in total. The van der Waals surface area contributed by atoms with Gasteiger partial charge in [0.05, 0.1) is 5.52 Å². The molecule has 0 saturated carbocycles. The summed E-state index contributed by atoms with van der Waals surface area (Å²) in [6.07, 6.45) is 2.73. The second-order valence-electron chi connectivity index (χ2n) is 7.37. The topological polar surface area (TPSA) is 103 Å². The number of fused-ring (bicyclic) bond motifs is 1. The number of aromatic nitrogens is 3. The van der Waals surface area contributed by atoms with Gasteiger partial charge in [0.15, 0.2) is 0 Å². The molecule has 0 aliphatic carbocycles. The second-order valence-corrected chi connectivity index (χ2v) is 7.37. The van der Waals surface area contributed by atoms with E-state index >= 15 is 0 Å². The molecule has 3 N–H and O–H groups in total. The number of hydrogen-bond acceptors (Lipinski definition) is 4. The van der Waals surface area contributed by atoms with Gasteiger partial charge in [0, 0.05) is 38.3 Å². The molecule has 1 unspecified atom stereocenters. The highest BCUT2D eigenvalue weighted by atomic mass is 19.1. The number of piperidine rings is 1. The Hall–Kier alpha value is -3.49. The summed E-state index contributed by atoms with van der Waals surface area (Å²) in [6.45, 7) is 2.96. The highest BCUT2D eigenvalue weighted by Crippen LogP contribution is 2.36. The third kappa shape index (κ3) is 3.83. The minimum atomic E-state index is -0.461. The third-order valence-electron chi connectivity index (χ3n) is 5.32. The average molecular weight is 410 g/mol. The normalized spacial score (nSPS) is 16.7. The first kappa shape index (κ1) is 19.8. The number of likely N-dealkylation sites (tertiary alicyclic amines) is 1. The van der Waals surface area contributed by atoms with Crippen LogP contribution in [0, 0.1) is 5.82 Å². The number of carbonyl (C=O) groups excluding carboxylic acids is 2. The molecule has 1 aliphatic heterocycles. The van der Waals surface area contributed by atoms with E-state index in [1.807, 2.05) is 19.1 Å². The van der Waals surface area contributed by atoms with Gasteiger partial charge in [0.1, 0.15) is 17.0 Å². The van der Waals surface area contributed by atoms with Gasteiger partial charge in [-0.3, -0.25) is 15.1 Å². The lowest BCUT2D eigenvalue weighted by Crippen LogP contribution is -2.34. The summed E-state index contributed by atoms with van der Waals surface area (Å²) in [5.74, 6) is -0.103. The van der Waals surface area contributed by atoms with E-state index in [9.17, 15) is 14.0 Å². The molecule has 30 heavy (non-hydrogen) atoms. The Balaban J connectivity index is 1.81. The quantitative estimate of drug-likeness (QED) is 0.614. The van der Waals surface area contributed by atoms with Crippen molar-refractivity contribution in [2.45, 2.75) is 25.7 Å². The number of nitrogens with zero attached hydrogens (tertiary/aromatic N) is 3. The monoisotopic (exact) mass is 410 g/mol. The summed E-state index contributed by atoms with van der Waals surface area (Å²) in [7, 11) is 1.80. The molecular weight excluding hydrogens is 387 g/mol. The van der Waals surface area contributed by atoms with E-state index in [1.165, 1.54) is 18.3 Å². The number of imidazole rings is 1. The molecule has 2 aromatic heterocycles. The summed E-state index contributed by atoms with van der Waals surface area (Å²) in [5.41, 5.74) is 2.76. The lowest BCUT2D eigenvalue weighted by atomic mass is 9.87. The summed E-state index contributed by atoms with van der Waals surface area (Å²) >= 11 is 0. The number of halogens is 1. The van der Waals surface area contributed by atoms with E-state index in [2.05, 4.69) is 25.6 Å². The minimum Gasteiger partial charge on any atom is -0.346 e. The van der Waals surface area contributed by atoms with Crippen LogP contribution >= 0.6 is 0 Å². The number of amides is 3. The van der Waals surface area contributed by atoms with E-state index in [0.29, 0.717) is 36.1 Å². The minimum absolute atomic E-state index is 0.0201. The van der Waals surface area contributed by atoms with Crippen molar-refractivity contribution in [1.82, 2.24) is 25.2 Å². The number of nitrogens with one attached hydrogen (secondary N) is 3. The zero-order valence-corrected chi connectivity index (χ0v) is 16.8. The lowest BCUT2D eigenvalue weighted by Gasteiger charge is -2.29. The number of urea groups is 1. The van der Waals surface area contributed by atoms with Crippen LogP contribution in [0.2, 0.25) is 0 Å². The van der Waals surface area contributed by atoms with E-state index in [1.54, 1.807) is 11.9 Å². The first-order chi connectivity index (χ1) is 14.5. The molecule has 3 heterocycles. The zero-order chi connectivity index (χ0) is 21.3. The number of pyridine rings is 1. The maximum Gasteiger partial charge on any atom is 0.321 e. The van der Waals surface area contributed by atoms with Crippen molar-refractivity contribution < 1.29 is 14.0 Å². The van der Waals surface area contributed by atoms with Crippen LogP contribution in [-0.4, -0.2) is 51.9 Å². The van der Waals surface area contributed by atoms with Crippen LogP contribution in [0.1, 0.15) is 31.2 Å². The van der Waals surface area contributed by atoms with Crippen LogP contribution in [0.25, 0.3) is 22.3 Å². The number of anilines is 1. The number of H-pyrrole nitrogens is 1. The lowest BCUT2D eigenvalue weighted by molar-refractivity contribution is -0.132. The fraction of sp³-hybridized carbons (Fsp3) is 0.333. The van der Waals surface area contributed by atoms with Gasteiger partial charge in [-0.05, 0) is 49.1 Å². The van der Waals surface area contributed by atoms with Crippen LogP contribution in [0.3, 0.4) is 0 Å². The Morgan fingerprint density at radius 1 is 1.40 bits per heavy atom. The molecule has 1 aromatic carbocycles. The van der Waals surface area contributed by atoms with Crippen molar-refractivity contribution in [3.63, 3.8) is 0 Å². The van der Waals surface area contributed by atoms with Gasteiger partial charge >= 0.3 is 6.03 Å². The van der Waals surface area contributed by atoms with Crippen LogP contribution in [0.4, 0.5) is 15.1 Å². The Kier molecular flexibility index (Phi) is 5.35. The molecule has 156 valence electrons. The Morgan fingerprint density at radius 3 is 2.97 bits per heavy atom. The molecule has 1 aliphatic rings. The first-order valence-electron chi connectivity index (χ1n) is 9.89. The van der Waals surface area contributed by atoms with Gasteiger partial charge in [0.2, 0.25) is 11.9 Å². The van der Waals surface area contributed by atoms with Crippen LogP contribution in [0.15, 0.2) is 30.5 Å². The highest BCUT2D eigenvalue weighted by molar-refractivity contribution is 5.96. The third-order valence-corrected chi connectivity index (χ3v) is 5.32. The molecule has 1 saturated heterocycles. The van der Waals surface area contributed by atoms with Gasteiger partial charge in [-0.2, -0.15) is 0 Å². The Bertz CT molecular complexity index is 1110. The Morgan fingerprint density at radius 2 is 2.23 bits per heavy atom. The van der Waals surface area contributed by atoms with Gasteiger partial charge in [0.25, 0.3) is 0 Å². The summed E-state index contributed by atoms with van der Waals surface area (Å²) in [6, 6.07) is 6.26. The van der Waals surface area contributed by atoms with Gasteiger partial charge in [-0.1, -0.05) is 0 Å². The molecule has 1 atom stereocenters. The van der Waals surface area contributed by atoms with Crippen molar-refractivity contribution in [2.24, 2.45) is 0 Å². The van der Waals surface area contributed by atoms with Crippen LogP contribution in [0.5, 0.6) is 0 Å². The summed E-state index contributed by atoms with van der Waals surface area (Å²) in [4.78, 5) is 37.6. The maximum atomic E-state index is 14.6. The first-order valence-corrected chi connectivity index (χ1v) is 9.89. The second kappa shape index (κ2) is 8.10. The molecule has 0 bridgehead atoms. The number of hydrogen-bond donors (Lipinski definition) is 3. The molecule has 4 rings (SSSR count). The van der Waals surface area contributed by atoms with Gasteiger partial charge < -0.3 is 15.2 Å². The summed E-state index contributed by atoms with van der Waals surface area (Å²) in [5, 5.41) is 5.29. The zero-order valence-electron chi connectivity index (χ0n) is 16.8. The van der Waals surface area contributed by atoms with Crippen LogP contribution < -0.4 is 10.6 Å². The molecule has 1 fully saturated rings. The largest absolute Gasteiger partial charge is 0.346 e. The molecule has 9 heteroatoms. The van der Waals surface area contributed by atoms with Crippen molar-refractivity contribution >= 4 is 28.9 Å². The number of rotatable bonds is 4. The average Bonchev–Trinajstić information content (AvgIpc) is 3.12. The van der Waals surface area contributed by atoms with E-state index in [-0.39, 0.29) is 29.5 Å². The van der Waals surface area contributed by atoms with Crippen molar-refractivity contribution in [3.05, 3.63) is 41.8 Å². The number of aromatic amines is 1. The van der Waals surface area contributed by atoms with Crippen molar-refractivity contribution in [3.8, 4) is 11.3 Å². The SMILES string of the molecule is CCNC(=O)Nc1nc2c(-c3ncccc3F)cc(C3CCN(C)C(=O)C3)cc2[nH]1. The fourth-order valence-corrected chi connectivity index (χ4v) is 3.74. The van der Waals surface area contributed by atoms with Gasteiger partial charge in [-0.25, -0.2) is 14.2 Å². The Labute approximate surface area is 172 Å². The van der Waals surface area contributed by atoms with E-state index in [0.717, 1.165) is 12.0 Å². The molecule has 0 radical (unpaired) electrons. The van der Waals surface area contributed by atoms with Crippen LogP contribution in [-0.2, 0) is 4.79 Å². The standard InChI is InChI=1S/C21H23FN6O2/c1-3-23-21(30)27-20-25-16-10-13(12-6-8-28(2)17(29)11-12)9-14(19(16)26-20)18-15(22)5-4-7-24-18/h4-5,7,9-10,12H,3,6,8,11H2,1-2H3,(H3,23,25,26,27,30). The smallest absolute Gasteiger partial charge is 0.321 e. The number of carbonyl (C=O) groups is 2. The van der Waals surface area contributed by atoms with Crippen molar-refractivity contribution in [1.29, 1.82) is 0 Å². The van der Waals surface area contributed by atoms with E-state index in [4.69, 9.17) is 0 Å². The predicted molar refractivity (Wildman–Crippen MR) is 112 cm³/mol. The maximum absolute atomic E-state index is 14.6. The molecular formula is C21H23FN6O2. The number of benzene rings is 1. The molecule has 3 amide bonds. The fourth-order valence-electron chi connectivity index (χ4n) is 3.74. The van der Waals surface area contributed by atoms with Gasteiger partial charge in [-0.15, -0.1) is 0 Å². The van der Waals surface area contributed by atoms with E-state index < -0.39 is 5.82 Å². The molecule has 3 aromatic rings. The molecule has 0 spiro atoms. The highest BCUT2D eigenvalue weighted by Gasteiger charge is 2.26. The predicted octanol–water partition coefficient (Wildman–Crippen LogP) is 3.24. The van der Waals surface area contributed by atoms with Crippen molar-refractivity contribution in [2.75, 3.05) is 25.5 Å². The summed E-state index contributed by atoms with van der Waals surface area (Å²) < 4.78 is 14.6.